The van der Waals surface area contributed by atoms with E-state index in [1.54, 1.807) is 10.8 Å². The van der Waals surface area contributed by atoms with Gasteiger partial charge in [-0.3, -0.25) is 4.57 Å². The molecule has 0 aliphatic rings. The topological polar surface area (TPSA) is 30.7 Å². The van der Waals surface area contributed by atoms with E-state index in [1.165, 1.54) is 5.56 Å². The molecule has 0 fully saturated rings. The minimum atomic E-state index is 0.176. The quantitative estimate of drug-likeness (QED) is 0.527. The minimum absolute atomic E-state index is 0.176. The van der Waals surface area contributed by atoms with Crippen LogP contribution < -0.4 is 0 Å². The summed E-state index contributed by atoms with van der Waals surface area (Å²) in [6.45, 7) is 17.9. The van der Waals surface area contributed by atoms with Gasteiger partial charge in [-0.15, -0.1) is 10.2 Å². The average molecular weight is 378 g/mol. The molecule has 1 heterocycles. The molecule has 0 bridgehead atoms. The standard InChI is InChI=1S/C20H31N3S2/c1-14(2)16-9-11-17(12-10-16)23-15(3)21-22-18(23)24-25-20(7,8)13-19(4,5)6/h9-12,14H,13H2,1-8H3. The van der Waals surface area contributed by atoms with E-state index in [-0.39, 0.29) is 4.75 Å². The van der Waals surface area contributed by atoms with Gasteiger partial charge in [-0.1, -0.05) is 57.5 Å². The molecule has 25 heavy (non-hydrogen) atoms. The lowest BCUT2D eigenvalue weighted by molar-refractivity contribution is 0.340. The molecule has 3 nitrogen and oxygen atoms in total. The van der Waals surface area contributed by atoms with Crippen LogP contribution in [-0.2, 0) is 0 Å². The van der Waals surface area contributed by atoms with Gasteiger partial charge >= 0.3 is 0 Å². The van der Waals surface area contributed by atoms with E-state index in [0.717, 1.165) is 23.1 Å². The Morgan fingerprint density at radius 1 is 1.00 bits per heavy atom. The predicted molar refractivity (Wildman–Crippen MR) is 112 cm³/mol. The molecule has 5 heteroatoms. The zero-order chi connectivity index (χ0) is 18.8. The Kier molecular flexibility index (Phi) is 6.31. The van der Waals surface area contributed by atoms with Crippen molar-refractivity contribution in [3.63, 3.8) is 0 Å². The van der Waals surface area contributed by atoms with Crippen molar-refractivity contribution in [2.75, 3.05) is 0 Å². The van der Waals surface area contributed by atoms with E-state index in [0.29, 0.717) is 11.3 Å². The molecule has 1 aromatic carbocycles. The third-order valence-corrected chi connectivity index (χ3v) is 7.05. The van der Waals surface area contributed by atoms with Crippen LogP contribution in [0.15, 0.2) is 29.4 Å². The Morgan fingerprint density at radius 3 is 2.12 bits per heavy atom. The maximum absolute atomic E-state index is 4.40. The number of rotatable bonds is 6. The summed E-state index contributed by atoms with van der Waals surface area (Å²) in [5.41, 5.74) is 2.79. The summed E-state index contributed by atoms with van der Waals surface area (Å²) in [5.74, 6) is 1.47. The van der Waals surface area contributed by atoms with E-state index in [2.05, 4.69) is 87.5 Å². The first-order chi connectivity index (χ1) is 11.5. The van der Waals surface area contributed by atoms with Crippen LogP contribution in [0.2, 0.25) is 0 Å². The van der Waals surface area contributed by atoms with Gasteiger partial charge in [0.05, 0.1) is 0 Å². The van der Waals surface area contributed by atoms with E-state index in [4.69, 9.17) is 0 Å². The van der Waals surface area contributed by atoms with Crippen molar-refractivity contribution in [1.29, 1.82) is 0 Å². The third-order valence-electron chi connectivity index (χ3n) is 3.91. The van der Waals surface area contributed by atoms with Crippen molar-refractivity contribution in [3.05, 3.63) is 35.7 Å². The van der Waals surface area contributed by atoms with Crippen LogP contribution >= 0.6 is 21.6 Å². The van der Waals surface area contributed by atoms with Crippen LogP contribution in [0.3, 0.4) is 0 Å². The second-order valence-electron chi connectivity index (χ2n) is 8.78. The molecule has 0 spiro atoms. The van der Waals surface area contributed by atoms with Crippen molar-refractivity contribution >= 4 is 21.6 Å². The summed E-state index contributed by atoms with van der Waals surface area (Å²) in [4.78, 5) is 0. The lowest BCUT2D eigenvalue weighted by atomic mass is 9.86. The molecule has 1 aromatic heterocycles. The molecule has 0 radical (unpaired) electrons. The highest BCUT2D eigenvalue weighted by atomic mass is 33.1. The normalized spacial score (nSPS) is 12.8. The van der Waals surface area contributed by atoms with Gasteiger partial charge in [-0.05, 0) is 67.0 Å². The maximum atomic E-state index is 4.40. The fourth-order valence-corrected chi connectivity index (χ4v) is 5.74. The van der Waals surface area contributed by atoms with Crippen LogP contribution in [0, 0.1) is 12.3 Å². The third kappa shape index (κ3) is 5.78. The lowest BCUT2D eigenvalue weighted by Crippen LogP contribution is -2.22. The minimum Gasteiger partial charge on any atom is -0.274 e. The Labute approximate surface area is 160 Å². The van der Waals surface area contributed by atoms with Gasteiger partial charge in [0.15, 0.2) is 0 Å². The molecule has 2 aromatic rings. The molecule has 0 unspecified atom stereocenters. The van der Waals surface area contributed by atoms with Gasteiger partial charge in [0.2, 0.25) is 5.16 Å². The zero-order valence-corrected chi connectivity index (χ0v) is 18.4. The predicted octanol–water partition coefficient (Wildman–Crippen LogP) is 6.65. The first kappa shape index (κ1) is 20.4. The number of aromatic nitrogens is 3. The van der Waals surface area contributed by atoms with Crippen molar-refractivity contribution in [2.24, 2.45) is 5.41 Å². The first-order valence-electron chi connectivity index (χ1n) is 8.86. The number of hydrogen-bond donors (Lipinski definition) is 0. The molecule has 0 N–H and O–H groups in total. The van der Waals surface area contributed by atoms with Crippen molar-refractivity contribution < 1.29 is 0 Å². The number of hydrogen-bond acceptors (Lipinski definition) is 4. The second-order valence-corrected chi connectivity index (χ2v) is 11.6. The van der Waals surface area contributed by atoms with E-state index < -0.39 is 0 Å². The highest BCUT2D eigenvalue weighted by Gasteiger charge is 2.27. The molecule has 0 aliphatic carbocycles. The van der Waals surface area contributed by atoms with Gasteiger partial charge in [0.1, 0.15) is 5.82 Å². The molecule has 2 rings (SSSR count). The molecule has 0 amide bonds. The summed E-state index contributed by atoms with van der Waals surface area (Å²) in [5, 5.41) is 9.65. The summed E-state index contributed by atoms with van der Waals surface area (Å²) < 4.78 is 2.32. The largest absolute Gasteiger partial charge is 0.274 e. The summed E-state index contributed by atoms with van der Waals surface area (Å²) in [6, 6.07) is 8.73. The molecular formula is C20H31N3S2. The maximum Gasteiger partial charge on any atom is 0.206 e. The molecule has 0 saturated heterocycles. The molecule has 0 aliphatic heterocycles. The highest BCUT2D eigenvalue weighted by molar-refractivity contribution is 8.77. The second kappa shape index (κ2) is 7.75. The molecular weight excluding hydrogens is 346 g/mol. The number of nitrogens with zero attached hydrogens (tertiary/aromatic N) is 3. The first-order valence-corrected chi connectivity index (χ1v) is 11.0. The number of benzene rings is 1. The Bertz CT molecular complexity index is 695. The Balaban J connectivity index is 2.19. The van der Waals surface area contributed by atoms with Crippen LogP contribution in [0.5, 0.6) is 0 Å². The zero-order valence-electron chi connectivity index (χ0n) is 16.8. The van der Waals surface area contributed by atoms with E-state index in [9.17, 15) is 0 Å². The highest BCUT2D eigenvalue weighted by Crippen LogP contribution is 2.45. The van der Waals surface area contributed by atoms with Gasteiger partial charge in [0.25, 0.3) is 0 Å². The van der Waals surface area contributed by atoms with Crippen LogP contribution in [0.1, 0.15) is 72.2 Å². The SMILES string of the molecule is Cc1nnc(SSC(C)(C)CC(C)(C)C)n1-c1ccc(C(C)C)cc1. The lowest BCUT2D eigenvalue weighted by Gasteiger charge is -2.31. The molecule has 138 valence electrons. The van der Waals surface area contributed by atoms with E-state index in [1.807, 2.05) is 17.7 Å². The Morgan fingerprint density at radius 2 is 1.60 bits per heavy atom. The Hall–Kier alpha value is -0.940. The smallest absolute Gasteiger partial charge is 0.206 e. The van der Waals surface area contributed by atoms with Gasteiger partial charge < -0.3 is 0 Å². The van der Waals surface area contributed by atoms with Gasteiger partial charge in [-0.25, -0.2) is 0 Å². The van der Waals surface area contributed by atoms with Crippen LogP contribution in [0.25, 0.3) is 5.69 Å². The molecule has 0 saturated carbocycles. The summed E-state index contributed by atoms with van der Waals surface area (Å²) >= 11 is 0. The molecule has 0 atom stereocenters. The fourth-order valence-electron chi connectivity index (χ4n) is 3.16. The van der Waals surface area contributed by atoms with Crippen molar-refractivity contribution in [3.8, 4) is 5.69 Å². The van der Waals surface area contributed by atoms with E-state index >= 15 is 0 Å². The van der Waals surface area contributed by atoms with Gasteiger partial charge in [0, 0.05) is 10.4 Å². The number of aryl methyl sites for hydroxylation is 1. The average Bonchev–Trinajstić information content (AvgIpc) is 2.84. The van der Waals surface area contributed by atoms with Crippen LogP contribution in [-0.4, -0.2) is 19.5 Å². The van der Waals surface area contributed by atoms with Crippen molar-refractivity contribution in [2.45, 2.75) is 77.6 Å². The van der Waals surface area contributed by atoms with Gasteiger partial charge in [-0.2, -0.15) is 0 Å². The fraction of sp³-hybridized carbons (Fsp3) is 0.600. The van der Waals surface area contributed by atoms with Crippen molar-refractivity contribution in [1.82, 2.24) is 14.8 Å². The van der Waals surface area contributed by atoms with Crippen LogP contribution in [0.4, 0.5) is 0 Å². The monoisotopic (exact) mass is 377 g/mol. The summed E-state index contributed by atoms with van der Waals surface area (Å²) in [7, 11) is 3.61. The summed E-state index contributed by atoms with van der Waals surface area (Å²) in [6.07, 6.45) is 1.15.